The molecule has 5 heteroatoms. The van der Waals surface area contributed by atoms with Gasteiger partial charge in [-0.3, -0.25) is 0 Å². The van der Waals surface area contributed by atoms with Crippen LogP contribution in [0.15, 0.2) is 36.4 Å². The lowest BCUT2D eigenvalue weighted by atomic mass is 10.0. The van der Waals surface area contributed by atoms with Gasteiger partial charge in [0.05, 0.1) is 19.8 Å². The van der Waals surface area contributed by atoms with E-state index in [1.165, 1.54) is 38.5 Å². The lowest BCUT2D eigenvalue weighted by Crippen LogP contribution is -1.98. The SMILES string of the molecule is COc1cc(C(=O)O)cc(-c2ccc(F)c(OC)c2)c1. The van der Waals surface area contributed by atoms with E-state index in [1.54, 1.807) is 12.1 Å². The highest BCUT2D eigenvalue weighted by atomic mass is 19.1. The Morgan fingerprint density at radius 2 is 1.80 bits per heavy atom. The normalized spacial score (nSPS) is 10.2. The number of hydrogen-bond acceptors (Lipinski definition) is 3. The molecular formula is C15H13FO4. The Bertz CT molecular complexity index is 652. The summed E-state index contributed by atoms with van der Waals surface area (Å²) in [6.45, 7) is 0. The molecule has 0 aliphatic carbocycles. The summed E-state index contributed by atoms with van der Waals surface area (Å²) in [7, 11) is 2.83. The van der Waals surface area contributed by atoms with Gasteiger partial charge in [0, 0.05) is 0 Å². The van der Waals surface area contributed by atoms with E-state index in [1.807, 2.05) is 0 Å². The van der Waals surface area contributed by atoms with E-state index in [0.717, 1.165) is 0 Å². The Kier molecular flexibility index (Phi) is 3.89. The third kappa shape index (κ3) is 2.71. The van der Waals surface area contributed by atoms with Gasteiger partial charge in [-0.2, -0.15) is 0 Å². The fourth-order valence-corrected chi connectivity index (χ4v) is 1.85. The van der Waals surface area contributed by atoms with Crippen LogP contribution in [0.25, 0.3) is 11.1 Å². The van der Waals surface area contributed by atoms with E-state index < -0.39 is 11.8 Å². The molecule has 0 bridgehead atoms. The number of carboxylic acids is 1. The van der Waals surface area contributed by atoms with Crippen molar-refractivity contribution in [2.24, 2.45) is 0 Å². The zero-order chi connectivity index (χ0) is 14.7. The predicted octanol–water partition coefficient (Wildman–Crippen LogP) is 3.21. The van der Waals surface area contributed by atoms with Crippen LogP contribution in [-0.4, -0.2) is 25.3 Å². The quantitative estimate of drug-likeness (QED) is 0.931. The number of rotatable bonds is 4. The number of benzene rings is 2. The number of carbonyl (C=O) groups is 1. The van der Waals surface area contributed by atoms with Gasteiger partial charge in [0.2, 0.25) is 0 Å². The largest absolute Gasteiger partial charge is 0.497 e. The van der Waals surface area contributed by atoms with Gasteiger partial charge in [-0.15, -0.1) is 0 Å². The lowest BCUT2D eigenvalue weighted by molar-refractivity contribution is 0.0696. The van der Waals surface area contributed by atoms with Crippen molar-refractivity contribution in [3.8, 4) is 22.6 Å². The summed E-state index contributed by atoms with van der Waals surface area (Å²) in [5, 5.41) is 9.08. The standard InChI is InChI=1S/C15H13FO4/c1-19-12-6-10(5-11(7-12)15(17)18)9-3-4-13(16)14(8-9)20-2/h3-8H,1-2H3,(H,17,18). The Hall–Kier alpha value is -2.56. The van der Waals surface area contributed by atoms with Crippen molar-refractivity contribution in [1.82, 2.24) is 0 Å². The minimum atomic E-state index is -1.06. The minimum Gasteiger partial charge on any atom is -0.497 e. The third-order valence-corrected chi connectivity index (χ3v) is 2.87. The smallest absolute Gasteiger partial charge is 0.335 e. The molecule has 0 aliphatic rings. The van der Waals surface area contributed by atoms with E-state index in [4.69, 9.17) is 14.6 Å². The van der Waals surface area contributed by atoms with Crippen LogP contribution in [0.1, 0.15) is 10.4 Å². The molecule has 0 aromatic heterocycles. The van der Waals surface area contributed by atoms with E-state index in [-0.39, 0.29) is 11.3 Å². The molecule has 0 saturated carbocycles. The van der Waals surface area contributed by atoms with E-state index in [9.17, 15) is 9.18 Å². The highest BCUT2D eigenvalue weighted by Gasteiger charge is 2.11. The Balaban J connectivity index is 2.56. The number of carboxylic acid groups (broad SMARTS) is 1. The molecule has 1 N–H and O–H groups in total. The molecule has 0 radical (unpaired) electrons. The second-order valence-corrected chi connectivity index (χ2v) is 4.10. The molecule has 0 spiro atoms. The van der Waals surface area contributed by atoms with Crippen LogP contribution < -0.4 is 9.47 Å². The van der Waals surface area contributed by atoms with Gasteiger partial charge in [0.1, 0.15) is 5.75 Å². The van der Waals surface area contributed by atoms with Crippen LogP contribution in [0.5, 0.6) is 11.5 Å². The molecular weight excluding hydrogens is 263 g/mol. The summed E-state index contributed by atoms with van der Waals surface area (Å²) >= 11 is 0. The number of hydrogen-bond donors (Lipinski definition) is 1. The third-order valence-electron chi connectivity index (χ3n) is 2.87. The highest BCUT2D eigenvalue weighted by Crippen LogP contribution is 2.30. The molecule has 20 heavy (non-hydrogen) atoms. The van der Waals surface area contributed by atoms with Crippen LogP contribution in [-0.2, 0) is 0 Å². The van der Waals surface area contributed by atoms with Crippen LogP contribution >= 0.6 is 0 Å². The molecule has 0 atom stereocenters. The molecule has 0 unspecified atom stereocenters. The van der Waals surface area contributed by atoms with Crippen molar-refractivity contribution in [2.45, 2.75) is 0 Å². The van der Waals surface area contributed by atoms with Gasteiger partial charge in [0.15, 0.2) is 11.6 Å². The number of aromatic carboxylic acids is 1. The monoisotopic (exact) mass is 276 g/mol. The number of methoxy groups -OCH3 is 2. The summed E-state index contributed by atoms with van der Waals surface area (Å²) in [6.07, 6.45) is 0. The fourth-order valence-electron chi connectivity index (χ4n) is 1.85. The summed E-state index contributed by atoms with van der Waals surface area (Å²) in [5.74, 6) is -1.01. The topological polar surface area (TPSA) is 55.8 Å². The second-order valence-electron chi connectivity index (χ2n) is 4.10. The lowest BCUT2D eigenvalue weighted by Gasteiger charge is -2.09. The van der Waals surface area contributed by atoms with Crippen molar-refractivity contribution in [2.75, 3.05) is 14.2 Å². The maximum Gasteiger partial charge on any atom is 0.335 e. The van der Waals surface area contributed by atoms with Crippen molar-refractivity contribution in [3.63, 3.8) is 0 Å². The van der Waals surface area contributed by atoms with E-state index in [2.05, 4.69) is 0 Å². The molecule has 104 valence electrons. The van der Waals surface area contributed by atoms with Crippen LogP contribution in [0, 0.1) is 5.82 Å². The highest BCUT2D eigenvalue weighted by molar-refractivity contribution is 5.90. The van der Waals surface area contributed by atoms with Gasteiger partial charge < -0.3 is 14.6 Å². The maximum absolute atomic E-state index is 13.4. The molecule has 4 nitrogen and oxygen atoms in total. The summed E-state index contributed by atoms with van der Waals surface area (Å²) in [6, 6.07) is 8.94. The summed E-state index contributed by atoms with van der Waals surface area (Å²) < 4.78 is 23.4. The van der Waals surface area contributed by atoms with Gasteiger partial charge in [-0.1, -0.05) is 6.07 Å². The van der Waals surface area contributed by atoms with Gasteiger partial charge in [0.25, 0.3) is 0 Å². The minimum absolute atomic E-state index is 0.0993. The Morgan fingerprint density at radius 1 is 1.05 bits per heavy atom. The molecule has 0 amide bonds. The molecule has 0 fully saturated rings. The first-order valence-corrected chi connectivity index (χ1v) is 5.81. The van der Waals surface area contributed by atoms with Crippen molar-refractivity contribution >= 4 is 5.97 Å². The number of ether oxygens (including phenoxy) is 2. The predicted molar refractivity (Wildman–Crippen MR) is 71.9 cm³/mol. The fraction of sp³-hybridized carbons (Fsp3) is 0.133. The molecule has 0 aliphatic heterocycles. The van der Waals surface area contributed by atoms with Gasteiger partial charge in [-0.05, 0) is 41.5 Å². The van der Waals surface area contributed by atoms with Crippen molar-refractivity contribution in [3.05, 3.63) is 47.8 Å². The molecule has 0 heterocycles. The van der Waals surface area contributed by atoms with E-state index in [0.29, 0.717) is 16.9 Å². The molecule has 2 rings (SSSR count). The zero-order valence-electron chi connectivity index (χ0n) is 11.0. The van der Waals surface area contributed by atoms with Crippen LogP contribution in [0.2, 0.25) is 0 Å². The van der Waals surface area contributed by atoms with Crippen LogP contribution in [0.3, 0.4) is 0 Å². The first kappa shape index (κ1) is 13.9. The summed E-state index contributed by atoms with van der Waals surface area (Å²) in [5.41, 5.74) is 1.35. The molecule has 2 aromatic rings. The Morgan fingerprint density at radius 3 is 2.40 bits per heavy atom. The zero-order valence-corrected chi connectivity index (χ0v) is 11.0. The van der Waals surface area contributed by atoms with E-state index >= 15 is 0 Å². The first-order chi connectivity index (χ1) is 9.55. The average Bonchev–Trinajstić information content (AvgIpc) is 2.47. The second kappa shape index (κ2) is 5.61. The maximum atomic E-state index is 13.4. The van der Waals surface area contributed by atoms with Gasteiger partial charge in [-0.25, -0.2) is 9.18 Å². The van der Waals surface area contributed by atoms with Crippen molar-refractivity contribution < 1.29 is 23.8 Å². The van der Waals surface area contributed by atoms with Gasteiger partial charge >= 0.3 is 5.97 Å². The van der Waals surface area contributed by atoms with Crippen LogP contribution in [0.4, 0.5) is 4.39 Å². The first-order valence-electron chi connectivity index (χ1n) is 5.81. The molecule has 2 aromatic carbocycles. The average molecular weight is 276 g/mol. The van der Waals surface area contributed by atoms with Crippen molar-refractivity contribution in [1.29, 1.82) is 0 Å². The number of halogens is 1. The molecule has 0 saturated heterocycles. The Labute approximate surface area is 115 Å². The summed E-state index contributed by atoms with van der Waals surface area (Å²) in [4.78, 5) is 11.1.